The zero-order valence-corrected chi connectivity index (χ0v) is 8.75. The number of para-hydroxylation sites is 1. The monoisotopic (exact) mass is 218 g/mol. The first kappa shape index (κ1) is 11.3. The molecule has 0 amide bonds. The number of halogens is 2. The Labute approximate surface area is 87.3 Å². The third-order valence-electron chi connectivity index (χ3n) is 1.90. The maximum atomic E-state index is 13.2. The van der Waals surface area contributed by atoms with Crippen LogP contribution < -0.4 is 4.74 Å². The second kappa shape index (κ2) is 4.62. The van der Waals surface area contributed by atoms with Crippen molar-refractivity contribution >= 4 is 11.6 Å². The summed E-state index contributed by atoms with van der Waals surface area (Å²) in [6, 6.07) is 4.29. The van der Waals surface area contributed by atoms with E-state index >= 15 is 0 Å². The fourth-order valence-electron chi connectivity index (χ4n) is 0.879. The molecule has 2 nitrogen and oxygen atoms in total. The second-order valence-corrected chi connectivity index (χ2v) is 3.52. The van der Waals surface area contributed by atoms with Crippen LogP contribution in [0.15, 0.2) is 18.2 Å². The van der Waals surface area contributed by atoms with E-state index < -0.39 is 18.0 Å². The Morgan fingerprint density at radius 2 is 2.07 bits per heavy atom. The Morgan fingerprint density at radius 1 is 1.43 bits per heavy atom. The van der Waals surface area contributed by atoms with Gasteiger partial charge in [0.05, 0.1) is 11.1 Å². The third kappa shape index (κ3) is 2.59. The van der Waals surface area contributed by atoms with E-state index in [2.05, 4.69) is 0 Å². The molecule has 4 heteroatoms. The number of rotatable bonds is 3. The van der Waals surface area contributed by atoms with Gasteiger partial charge in [0.15, 0.2) is 11.6 Å². The molecule has 1 N–H and O–H groups in total. The highest BCUT2D eigenvalue weighted by molar-refractivity contribution is 6.32. The Morgan fingerprint density at radius 3 is 2.57 bits per heavy atom. The normalized spacial score (nSPS) is 14.9. The van der Waals surface area contributed by atoms with Gasteiger partial charge < -0.3 is 9.84 Å². The lowest BCUT2D eigenvalue weighted by atomic mass is 10.2. The molecule has 0 aliphatic heterocycles. The van der Waals surface area contributed by atoms with E-state index in [1.165, 1.54) is 18.2 Å². The number of hydrogen-bond acceptors (Lipinski definition) is 2. The molecule has 2 unspecified atom stereocenters. The minimum absolute atomic E-state index is 0.0115. The highest BCUT2D eigenvalue weighted by Gasteiger charge is 2.15. The molecule has 1 aromatic rings. The van der Waals surface area contributed by atoms with Crippen LogP contribution in [0.5, 0.6) is 5.75 Å². The largest absolute Gasteiger partial charge is 0.483 e. The van der Waals surface area contributed by atoms with Gasteiger partial charge in [0.25, 0.3) is 0 Å². The lowest BCUT2D eigenvalue weighted by Gasteiger charge is -2.18. The summed E-state index contributed by atoms with van der Waals surface area (Å²) < 4.78 is 18.4. The smallest absolute Gasteiger partial charge is 0.174 e. The maximum absolute atomic E-state index is 13.2. The number of benzene rings is 1. The average Bonchev–Trinajstić information content (AvgIpc) is 2.11. The van der Waals surface area contributed by atoms with Crippen LogP contribution in [0.3, 0.4) is 0 Å². The van der Waals surface area contributed by atoms with Crippen LogP contribution in [0.4, 0.5) is 4.39 Å². The quantitative estimate of drug-likeness (QED) is 0.845. The standard InChI is InChI=1S/C10H12ClFO2/c1-6(13)7(2)14-10-8(11)4-3-5-9(10)12/h3-7,13H,1-2H3. The first-order chi connectivity index (χ1) is 6.52. The zero-order valence-electron chi connectivity index (χ0n) is 8.00. The van der Waals surface area contributed by atoms with E-state index in [4.69, 9.17) is 16.3 Å². The summed E-state index contributed by atoms with van der Waals surface area (Å²) in [5, 5.41) is 9.38. The maximum Gasteiger partial charge on any atom is 0.174 e. The molecule has 0 saturated heterocycles. The summed E-state index contributed by atoms with van der Waals surface area (Å²) in [4.78, 5) is 0. The van der Waals surface area contributed by atoms with Gasteiger partial charge in [-0.15, -0.1) is 0 Å². The van der Waals surface area contributed by atoms with Crippen molar-refractivity contribution in [2.24, 2.45) is 0 Å². The Kier molecular flexibility index (Phi) is 3.72. The molecule has 0 saturated carbocycles. The predicted molar refractivity (Wildman–Crippen MR) is 53.2 cm³/mol. The highest BCUT2D eigenvalue weighted by atomic mass is 35.5. The summed E-state index contributed by atoms with van der Waals surface area (Å²) in [6.07, 6.45) is -1.17. The first-order valence-electron chi connectivity index (χ1n) is 4.31. The molecule has 0 heterocycles. The minimum Gasteiger partial charge on any atom is -0.483 e. The van der Waals surface area contributed by atoms with Crippen LogP contribution in [-0.2, 0) is 0 Å². The van der Waals surface area contributed by atoms with Gasteiger partial charge in [-0.2, -0.15) is 0 Å². The highest BCUT2D eigenvalue weighted by Crippen LogP contribution is 2.28. The molecular weight excluding hydrogens is 207 g/mol. The van der Waals surface area contributed by atoms with E-state index in [0.29, 0.717) is 0 Å². The predicted octanol–water partition coefficient (Wildman–Crippen LogP) is 2.63. The molecule has 1 aromatic carbocycles. The molecule has 0 bridgehead atoms. The molecule has 14 heavy (non-hydrogen) atoms. The van der Waals surface area contributed by atoms with Crippen LogP contribution in [0.2, 0.25) is 5.02 Å². The van der Waals surface area contributed by atoms with Crippen LogP contribution >= 0.6 is 11.6 Å². The van der Waals surface area contributed by atoms with Crippen molar-refractivity contribution in [2.45, 2.75) is 26.1 Å². The molecular formula is C10H12ClFO2. The number of aliphatic hydroxyl groups excluding tert-OH is 1. The number of hydrogen-bond donors (Lipinski definition) is 1. The topological polar surface area (TPSA) is 29.5 Å². The zero-order chi connectivity index (χ0) is 10.7. The molecule has 0 aromatic heterocycles. The second-order valence-electron chi connectivity index (χ2n) is 3.11. The van der Waals surface area contributed by atoms with Gasteiger partial charge in [0.1, 0.15) is 6.10 Å². The van der Waals surface area contributed by atoms with E-state index in [1.807, 2.05) is 0 Å². The Hall–Kier alpha value is -0.800. The summed E-state index contributed by atoms with van der Waals surface area (Å²) >= 11 is 5.73. The van der Waals surface area contributed by atoms with Gasteiger partial charge >= 0.3 is 0 Å². The fraction of sp³-hybridized carbons (Fsp3) is 0.400. The SMILES string of the molecule is CC(O)C(C)Oc1c(F)cccc1Cl. The molecule has 0 fully saturated rings. The molecule has 2 atom stereocenters. The van der Waals surface area contributed by atoms with Crippen molar-refractivity contribution in [3.05, 3.63) is 29.0 Å². The van der Waals surface area contributed by atoms with E-state index in [1.54, 1.807) is 13.8 Å². The summed E-state index contributed by atoms with van der Waals surface area (Å²) in [5.74, 6) is -0.535. The van der Waals surface area contributed by atoms with Gasteiger partial charge in [-0.25, -0.2) is 4.39 Å². The van der Waals surface area contributed by atoms with Crippen molar-refractivity contribution in [3.8, 4) is 5.75 Å². The van der Waals surface area contributed by atoms with Gasteiger partial charge in [-0.1, -0.05) is 17.7 Å². The molecule has 0 spiro atoms. The van der Waals surface area contributed by atoms with Crippen LogP contribution in [0, 0.1) is 5.82 Å². The summed E-state index contributed by atoms with van der Waals surface area (Å²) in [5.41, 5.74) is 0. The Balaban J connectivity index is 2.85. The van der Waals surface area contributed by atoms with Crippen LogP contribution in [0.1, 0.15) is 13.8 Å². The van der Waals surface area contributed by atoms with Crippen molar-refractivity contribution in [2.75, 3.05) is 0 Å². The fourth-order valence-corrected chi connectivity index (χ4v) is 1.09. The van der Waals surface area contributed by atoms with Gasteiger partial charge in [-0.3, -0.25) is 0 Å². The molecule has 0 radical (unpaired) electrons. The summed E-state index contributed by atoms with van der Waals surface area (Å²) in [7, 11) is 0. The van der Waals surface area contributed by atoms with E-state index in [9.17, 15) is 9.50 Å². The lowest BCUT2D eigenvalue weighted by molar-refractivity contribution is 0.0580. The van der Waals surface area contributed by atoms with Crippen molar-refractivity contribution < 1.29 is 14.2 Å². The van der Waals surface area contributed by atoms with Crippen molar-refractivity contribution in [1.29, 1.82) is 0 Å². The average molecular weight is 219 g/mol. The number of ether oxygens (including phenoxy) is 1. The number of aliphatic hydroxyl groups is 1. The van der Waals surface area contributed by atoms with Crippen molar-refractivity contribution in [1.82, 2.24) is 0 Å². The lowest BCUT2D eigenvalue weighted by Crippen LogP contribution is -2.26. The van der Waals surface area contributed by atoms with Gasteiger partial charge in [-0.05, 0) is 26.0 Å². The molecule has 0 aliphatic rings. The van der Waals surface area contributed by atoms with Crippen molar-refractivity contribution in [3.63, 3.8) is 0 Å². The van der Waals surface area contributed by atoms with Crippen LogP contribution in [0.25, 0.3) is 0 Å². The van der Waals surface area contributed by atoms with Gasteiger partial charge in [0.2, 0.25) is 0 Å². The Bertz CT molecular complexity index is 295. The molecule has 78 valence electrons. The first-order valence-corrected chi connectivity index (χ1v) is 4.69. The molecule has 0 aliphatic carbocycles. The van der Waals surface area contributed by atoms with E-state index in [0.717, 1.165) is 0 Å². The van der Waals surface area contributed by atoms with Crippen LogP contribution in [-0.4, -0.2) is 17.3 Å². The van der Waals surface area contributed by atoms with E-state index in [-0.39, 0.29) is 10.8 Å². The van der Waals surface area contributed by atoms with Gasteiger partial charge in [0, 0.05) is 0 Å². The minimum atomic E-state index is -0.675. The summed E-state index contributed by atoms with van der Waals surface area (Å²) in [6.45, 7) is 3.22. The molecule has 1 rings (SSSR count). The third-order valence-corrected chi connectivity index (χ3v) is 2.20.